The fourth-order valence-electron chi connectivity index (χ4n) is 6.68. The Labute approximate surface area is 335 Å². The summed E-state index contributed by atoms with van der Waals surface area (Å²) in [5.41, 5.74) is 0. The first-order valence-corrected chi connectivity index (χ1v) is 23.1. The van der Waals surface area contributed by atoms with Gasteiger partial charge in [0.25, 0.3) is 0 Å². The van der Waals surface area contributed by atoms with E-state index in [9.17, 15) is 20.1 Å². The van der Waals surface area contributed by atoms with Gasteiger partial charge in [0.1, 0.15) is 6.10 Å². The first-order chi connectivity index (χ1) is 26.6. The van der Waals surface area contributed by atoms with Crippen molar-refractivity contribution in [1.29, 1.82) is 0 Å². The van der Waals surface area contributed by atoms with Crippen LogP contribution in [0.3, 0.4) is 0 Å². The van der Waals surface area contributed by atoms with Crippen molar-refractivity contribution in [2.45, 2.75) is 238 Å². The maximum atomic E-state index is 12.5. The molecule has 0 aliphatic carbocycles. The van der Waals surface area contributed by atoms with Crippen LogP contribution in [0.4, 0.5) is 0 Å². The molecular weight excluding hydrogens is 667 g/mol. The normalized spacial score (nSPS) is 14.1. The summed E-state index contributed by atoms with van der Waals surface area (Å²) in [4.78, 5) is 12.5. The number of hydrogen-bond acceptors (Lipinski definition) is 4. The molecule has 5 nitrogen and oxygen atoms in total. The summed E-state index contributed by atoms with van der Waals surface area (Å²) < 4.78 is 0. The summed E-state index contributed by atoms with van der Waals surface area (Å²) in [5.74, 6) is -0.523. The zero-order valence-corrected chi connectivity index (χ0v) is 35.6. The standard InChI is InChI=1S/C49H89NO4/c1-3-5-7-9-11-13-15-17-19-21-23-24-25-26-28-29-31-33-35-37-39-41-43-47(52)46(45-51)50-49(54)48(53)44-42-40-38-36-34-32-30-27-22-20-18-16-14-12-10-8-6-4-2/h12,14,16,18,26,28,33,35,41,43,46-48,51-53H,3-11,13,15,17,19-25,27,29-32,34,36-40,42,44-45H2,1-2H3,(H,50,54)/b14-12-,18-16-,28-26+,35-33+,43-41+. The Morgan fingerprint density at radius 1 is 0.463 bits per heavy atom. The molecule has 0 rings (SSSR count). The summed E-state index contributed by atoms with van der Waals surface area (Å²) in [7, 11) is 0. The molecule has 314 valence electrons. The molecular formula is C49H89NO4. The number of nitrogens with one attached hydrogen (secondary N) is 1. The molecule has 0 aliphatic rings. The Morgan fingerprint density at radius 3 is 1.28 bits per heavy atom. The molecule has 0 aromatic rings. The van der Waals surface area contributed by atoms with Crippen molar-refractivity contribution in [3.05, 3.63) is 60.8 Å². The lowest BCUT2D eigenvalue weighted by molar-refractivity contribution is -0.131. The Kier molecular flexibility index (Phi) is 42.2. The van der Waals surface area contributed by atoms with Crippen LogP contribution in [-0.4, -0.2) is 46.1 Å². The lowest BCUT2D eigenvalue weighted by Crippen LogP contribution is -2.48. The molecule has 0 heterocycles. The molecule has 54 heavy (non-hydrogen) atoms. The van der Waals surface area contributed by atoms with E-state index in [0.29, 0.717) is 6.42 Å². The average molecular weight is 756 g/mol. The molecule has 1 amide bonds. The van der Waals surface area contributed by atoms with Gasteiger partial charge in [0.2, 0.25) is 5.91 Å². The van der Waals surface area contributed by atoms with E-state index in [0.717, 1.165) is 44.9 Å². The number of carbonyl (C=O) groups excluding carboxylic acids is 1. The number of hydrogen-bond donors (Lipinski definition) is 4. The fourth-order valence-corrected chi connectivity index (χ4v) is 6.68. The van der Waals surface area contributed by atoms with Gasteiger partial charge in [0, 0.05) is 0 Å². The smallest absolute Gasteiger partial charge is 0.249 e. The van der Waals surface area contributed by atoms with Crippen LogP contribution in [0, 0.1) is 0 Å². The molecule has 0 saturated carbocycles. The van der Waals surface area contributed by atoms with Gasteiger partial charge in [-0.05, 0) is 70.6 Å². The van der Waals surface area contributed by atoms with Crippen molar-refractivity contribution >= 4 is 5.91 Å². The van der Waals surface area contributed by atoms with E-state index in [1.165, 1.54) is 154 Å². The highest BCUT2D eigenvalue weighted by Gasteiger charge is 2.22. The zero-order valence-electron chi connectivity index (χ0n) is 35.6. The SMILES string of the molecule is CCCCC/C=C\C=C/CCCCCCCCCCCC(O)C(=O)NC(CO)C(O)/C=C/CC/C=C/CC/C=C/CCCCCCCCCCCCCC. The molecule has 0 aromatic carbocycles. The van der Waals surface area contributed by atoms with Gasteiger partial charge in [-0.2, -0.15) is 0 Å². The predicted octanol–water partition coefficient (Wildman–Crippen LogP) is 13.5. The van der Waals surface area contributed by atoms with Gasteiger partial charge in [-0.25, -0.2) is 0 Å². The van der Waals surface area contributed by atoms with E-state index in [1.54, 1.807) is 6.08 Å². The third-order valence-electron chi connectivity index (χ3n) is 10.3. The zero-order chi connectivity index (χ0) is 39.4. The molecule has 4 N–H and O–H groups in total. The number of unbranched alkanes of at least 4 members (excludes halogenated alkanes) is 26. The molecule has 0 bridgehead atoms. The van der Waals surface area contributed by atoms with E-state index < -0.39 is 24.2 Å². The largest absolute Gasteiger partial charge is 0.394 e. The third-order valence-corrected chi connectivity index (χ3v) is 10.3. The first-order valence-electron chi connectivity index (χ1n) is 23.1. The van der Waals surface area contributed by atoms with Gasteiger partial charge in [-0.3, -0.25) is 4.79 Å². The van der Waals surface area contributed by atoms with Crippen LogP contribution in [0.2, 0.25) is 0 Å². The maximum absolute atomic E-state index is 12.5. The fraction of sp³-hybridized carbons (Fsp3) is 0.776. The van der Waals surface area contributed by atoms with Crippen LogP contribution in [0.5, 0.6) is 0 Å². The molecule has 3 unspecified atom stereocenters. The Bertz CT molecular complexity index is 923. The summed E-state index contributed by atoms with van der Waals surface area (Å²) >= 11 is 0. The van der Waals surface area contributed by atoms with Gasteiger partial charge >= 0.3 is 0 Å². The van der Waals surface area contributed by atoms with Crippen LogP contribution < -0.4 is 5.32 Å². The highest BCUT2D eigenvalue weighted by atomic mass is 16.3. The second-order valence-corrected chi connectivity index (χ2v) is 15.6. The number of aliphatic hydroxyl groups excluding tert-OH is 3. The molecule has 0 saturated heterocycles. The van der Waals surface area contributed by atoms with Crippen molar-refractivity contribution in [2.75, 3.05) is 6.61 Å². The average Bonchev–Trinajstić information content (AvgIpc) is 3.18. The van der Waals surface area contributed by atoms with Crippen LogP contribution in [0.15, 0.2) is 60.8 Å². The van der Waals surface area contributed by atoms with E-state index in [2.05, 4.69) is 67.8 Å². The van der Waals surface area contributed by atoms with Crippen LogP contribution in [-0.2, 0) is 4.79 Å². The Hall–Kier alpha value is -1.95. The van der Waals surface area contributed by atoms with Crippen molar-refractivity contribution in [1.82, 2.24) is 5.32 Å². The topological polar surface area (TPSA) is 89.8 Å². The lowest BCUT2D eigenvalue weighted by atomic mass is 10.0. The number of rotatable bonds is 41. The van der Waals surface area contributed by atoms with Gasteiger partial charge in [-0.1, -0.05) is 209 Å². The van der Waals surface area contributed by atoms with Gasteiger partial charge in [0.05, 0.1) is 18.8 Å². The minimum absolute atomic E-state index is 0.385. The van der Waals surface area contributed by atoms with Crippen molar-refractivity contribution < 1.29 is 20.1 Å². The quantitative estimate of drug-likeness (QED) is 0.0284. The second-order valence-electron chi connectivity index (χ2n) is 15.6. The molecule has 3 atom stereocenters. The number of carbonyl (C=O) groups is 1. The van der Waals surface area contributed by atoms with Crippen LogP contribution in [0.25, 0.3) is 0 Å². The predicted molar refractivity (Wildman–Crippen MR) is 236 cm³/mol. The van der Waals surface area contributed by atoms with Crippen molar-refractivity contribution in [3.8, 4) is 0 Å². The monoisotopic (exact) mass is 756 g/mol. The molecule has 0 aromatic heterocycles. The van der Waals surface area contributed by atoms with E-state index in [-0.39, 0.29) is 6.61 Å². The van der Waals surface area contributed by atoms with E-state index in [4.69, 9.17) is 0 Å². The van der Waals surface area contributed by atoms with E-state index >= 15 is 0 Å². The molecule has 0 spiro atoms. The maximum Gasteiger partial charge on any atom is 0.249 e. The second kappa shape index (κ2) is 43.8. The number of aliphatic hydroxyl groups is 3. The minimum Gasteiger partial charge on any atom is -0.394 e. The molecule has 0 aliphatic heterocycles. The van der Waals surface area contributed by atoms with Gasteiger partial charge < -0.3 is 20.6 Å². The summed E-state index contributed by atoms with van der Waals surface area (Å²) in [6.07, 6.45) is 58.3. The number of amides is 1. The van der Waals surface area contributed by atoms with E-state index in [1.807, 2.05) is 6.08 Å². The molecule has 0 fully saturated rings. The van der Waals surface area contributed by atoms with Crippen LogP contribution in [0.1, 0.15) is 219 Å². The minimum atomic E-state index is -1.12. The van der Waals surface area contributed by atoms with Crippen molar-refractivity contribution in [3.63, 3.8) is 0 Å². The lowest BCUT2D eigenvalue weighted by Gasteiger charge is -2.21. The third kappa shape index (κ3) is 38.3. The Morgan fingerprint density at radius 2 is 0.815 bits per heavy atom. The van der Waals surface area contributed by atoms with Gasteiger partial charge in [-0.15, -0.1) is 0 Å². The first kappa shape index (κ1) is 52.0. The van der Waals surface area contributed by atoms with Crippen LogP contribution >= 0.6 is 0 Å². The summed E-state index contributed by atoms with van der Waals surface area (Å²) in [6.45, 7) is 4.14. The summed E-state index contributed by atoms with van der Waals surface area (Å²) in [5, 5.41) is 33.1. The molecule has 5 heteroatoms. The highest BCUT2D eigenvalue weighted by Crippen LogP contribution is 2.14. The summed E-state index contributed by atoms with van der Waals surface area (Å²) in [6, 6.07) is -0.825. The Balaban J connectivity index is 3.75. The van der Waals surface area contributed by atoms with Gasteiger partial charge in [0.15, 0.2) is 0 Å². The number of allylic oxidation sites excluding steroid dienone is 9. The highest BCUT2D eigenvalue weighted by molar-refractivity contribution is 5.80. The molecule has 0 radical (unpaired) electrons. The van der Waals surface area contributed by atoms with Crippen molar-refractivity contribution in [2.24, 2.45) is 0 Å².